The van der Waals surface area contributed by atoms with E-state index in [2.05, 4.69) is 43.8 Å². The van der Waals surface area contributed by atoms with Crippen LogP contribution in [0.3, 0.4) is 0 Å². The first kappa shape index (κ1) is 11.5. The van der Waals surface area contributed by atoms with Crippen molar-refractivity contribution < 1.29 is 9.90 Å². The maximum atomic E-state index is 8.67. The van der Waals surface area contributed by atoms with Crippen LogP contribution in [0.25, 0.3) is 0 Å². The molecule has 0 saturated carbocycles. The van der Waals surface area contributed by atoms with Crippen LogP contribution in [-0.4, -0.2) is 6.09 Å². The Labute approximate surface area is 78.2 Å². The SMILES string of the molecule is CC(C)c1ccccc1.NC(=O)[O-]. The van der Waals surface area contributed by atoms with Crippen LogP contribution in [0, 0.1) is 0 Å². The van der Waals surface area contributed by atoms with Crippen molar-refractivity contribution >= 4 is 6.09 Å². The smallest absolute Gasteiger partial charge is 0.131 e. The summed E-state index contributed by atoms with van der Waals surface area (Å²) in [4.78, 5) is 8.67. The molecule has 0 spiro atoms. The molecule has 1 amide bonds. The zero-order chi connectivity index (χ0) is 10.3. The van der Waals surface area contributed by atoms with E-state index in [-0.39, 0.29) is 0 Å². The molecule has 3 heteroatoms. The van der Waals surface area contributed by atoms with Crippen LogP contribution < -0.4 is 10.8 Å². The van der Waals surface area contributed by atoms with Crippen molar-refractivity contribution in [3.8, 4) is 0 Å². The highest BCUT2D eigenvalue weighted by Crippen LogP contribution is 2.11. The number of amides is 1. The van der Waals surface area contributed by atoms with Gasteiger partial charge in [0, 0.05) is 0 Å². The van der Waals surface area contributed by atoms with E-state index in [0.29, 0.717) is 5.92 Å². The van der Waals surface area contributed by atoms with Gasteiger partial charge in [-0.3, -0.25) is 0 Å². The number of rotatable bonds is 1. The Morgan fingerprint density at radius 3 is 1.92 bits per heavy atom. The number of nitrogens with two attached hydrogens (primary N) is 1. The lowest BCUT2D eigenvalue weighted by Gasteiger charge is -2.01. The second kappa shape index (κ2) is 6.06. The molecule has 0 atom stereocenters. The number of benzene rings is 1. The molecule has 1 aromatic rings. The lowest BCUT2D eigenvalue weighted by molar-refractivity contribution is -0.245. The molecule has 1 rings (SSSR count). The molecule has 0 aliphatic carbocycles. The van der Waals surface area contributed by atoms with Gasteiger partial charge in [-0.15, -0.1) is 0 Å². The molecule has 0 aromatic heterocycles. The van der Waals surface area contributed by atoms with E-state index in [1.165, 1.54) is 5.56 Å². The highest BCUT2D eigenvalue weighted by Gasteiger charge is 1.93. The fourth-order valence-electron chi connectivity index (χ4n) is 0.838. The third-order valence-electron chi connectivity index (χ3n) is 1.47. The number of carbonyl (C=O) groups is 1. The molecule has 0 radical (unpaired) electrons. The van der Waals surface area contributed by atoms with Crippen LogP contribution in [0.4, 0.5) is 4.79 Å². The first-order chi connectivity index (χ1) is 6.04. The summed E-state index contributed by atoms with van der Waals surface area (Å²) in [6.45, 7) is 4.41. The summed E-state index contributed by atoms with van der Waals surface area (Å²) in [5, 5.41) is 8.67. The quantitative estimate of drug-likeness (QED) is 0.703. The lowest BCUT2D eigenvalue weighted by Crippen LogP contribution is -2.29. The maximum Gasteiger partial charge on any atom is 0.131 e. The largest absolute Gasteiger partial charge is 0.530 e. The molecule has 0 aliphatic heterocycles. The zero-order valence-electron chi connectivity index (χ0n) is 7.86. The number of primary amides is 1. The van der Waals surface area contributed by atoms with E-state index in [1.807, 2.05) is 6.07 Å². The van der Waals surface area contributed by atoms with Gasteiger partial charge in [0.1, 0.15) is 6.09 Å². The van der Waals surface area contributed by atoms with E-state index in [0.717, 1.165) is 0 Å². The van der Waals surface area contributed by atoms with Crippen LogP contribution in [0.15, 0.2) is 30.3 Å². The molecular formula is C10H14NO2-. The van der Waals surface area contributed by atoms with E-state index in [9.17, 15) is 0 Å². The molecule has 0 saturated heterocycles. The Morgan fingerprint density at radius 2 is 1.69 bits per heavy atom. The van der Waals surface area contributed by atoms with Gasteiger partial charge in [-0.05, 0) is 11.5 Å². The lowest BCUT2D eigenvalue weighted by atomic mass is 10.0. The minimum absolute atomic E-state index is 0.659. The van der Waals surface area contributed by atoms with E-state index in [1.54, 1.807) is 0 Å². The van der Waals surface area contributed by atoms with Crippen molar-refractivity contribution in [1.82, 2.24) is 0 Å². The topological polar surface area (TPSA) is 66.2 Å². The van der Waals surface area contributed by atoms with Gasteiger partial charge in [-0.25, -0.2) is 0 Å². The maximum absolute atomic E-state index is 8.67. The molecule has 2 N–H and O–H groups in total. The molecule has 0 unspecified atom stereocenters. The van der Waals surface area contributed by atoms with Gasteiger partial charge in [0.05, 0.1) is 0 Å². The second-order valence-corrected chi connectivity index (χ2v) is 2.88. The van der Waals surface area contributed by atoms with Crippen molar-refractivity contribution in [2.75, 3.05) is 0 Å². The predicted molar refractivity (Wildman–Crippen MR) is 50.1 cm³/mol. The summed E-state index contributed by atoms with van der Waals surface area (Å²) < 4.78 is 0. The highest BCUT2D eigenvalue weighted by atomic mass is 16.4. The normalized spacial score (nSPS) is 8.85. The number of carboxylic acid groups (broad SMARTS) is 1. The van der Waals surface area contributed by atoms with Crippen LogP contribution in [0.5, 0.6) is 0 Å². The molecular weight excluding hydrogens is 166 g/mol. The zero-order valence-corrected chi connectivity index (χ0v) is 7.86. The standard InChI is InChI=1S/C9H12.CH3NO2/c1-8(2)9-6-4-3-5-7-9;2-1(3)4/h3-8H,1-2H3;2H2,(H,3,4)/p-1. The monoisotopic (exact) mass is 180 g/mol. The van der Waals surface area contributed by atoms with Gasteiger partial charge in [0.15, 0.2) is 0 Å². The van der Waals surface area contributed by atoms with Crippen LogP contribution in [0.1, 0.15) is 25.3 Å². The summed E-state index contributed by atoms with van der Waals surface area (Å²) in [5.74, 6) is 0.659. The van der Waals surface area contributed by atoms with Crippen molar-refractivity contribution in [3.63, 3.8) is 0 Å². The van der Waals surface area contributed by atoms with Gasteiger partial charge in [0.25, 0.3) is 0 Å². The van der Waals surface area contributed by atoms with Gasteiger partial charge in [0.2, 0.25) is 0 Å². The fraction of sp³-hybridized carbons (Fsp3) is 0.300. The molecule has 72 valence electrons. The van der Waals surface area contributed by atoms with E-state index >= 15 is 0 Å². The van der Waals surface area contributed by atoms with Gasteiger partial charge < -0.3 is 15.6 Å². The first-order valence-electron chi connectivity index (χ1n) is 4.05. The third-order valence-corrected chi connectivity index (χ3v) is 1.47. The third kappa shape index (κ3) is 6.87. The average molecular weight is 180 g/mol. The Morgan fingerprint density at radius 1 is 1.31 bits per heavy atom. The van der Waals surface area contributed by atoms with Crippen molar-refractivity contribution in [1.29, 1.82) is 0 Å². The van der Waals surface area contributed by atoms with E-state index in [4.69, 9.17) is 9.90 Å². The summed E-state index contributed by atoms with van der Waals surface area (Å²) in [6, 6.07) is 10.5. The van der Waals surface area contributed by atoms with Gasteiger partial charge >= 0.3 is 0 Å². The van der Waals surface area contributed by atoms with Crippen LogP contribution in [-0.2, 0) is 0 Å². The first-order valence-corrected chi connectivity index (χ1v) is 4.05. The molecule has 3 nitrogen and oxygen atoms in total. The minimum atomic E-state index is -1.58. The second-order valence-electron chi connectivity index (χ2n) is 2.88. The van der Waals surface area contributed by atoms with Crippen molar-refractivity contribution in [2.24, 2.45) is 5.73 Å². The Bertz CT molecular complexity index is 240. The Balaban J connectivity index is 0.000000310. The molecule has 0 fully saturated rings. The Hall–Kier alpha value is -1.51. The van der Waals surface area contributed by atoms with Crippen molar-refractivity contribution in [3.05, 3.63) is 35.9 Å². The van der Waals surface area contributed by atoms with Crippen LogP contribution in [0.2, 0.25) is 0 Å². The van der Waals surface area contributed by atoms with Gasteiger partial charge in [-0.2, -0.15) is 0 Å². The molecule has 1 aromatic carbocycles. The van der Waals surface area contributed by atoms with E-state index < -0.39 is 6.09 Å². The van der Waals surface area contributed by atoms with Crippen molar-refractivity contribution in [2.45, 2.75) is 19.8 Å². The number of carbonyl (C=O) groups excluding carboxylic acids is 1. The highest BCUT2D eigenvalue weighted by molar-refractivity contribution is 5.58. The summed E-state index contributed by atoms with van der Waals surface area (Å²) in [5.41, 5.74) is 5.33. The summed E-state index contributed by atoms with van der Waals surface area (Å²) in [6.07, 6.45) is -1.58. The summed E-state index contributed by atoms with van der Waals surface area (Å²) in [7, 11) is 0. The minimum Gasteiger partial charge on any atom is -0.530 e. The molecule has 0 bridgehead atoms. The Kier molecular flexibility index (Phi) is 5.35. The molecule has 0 aliphatic rings. The number of hydrogen-bond donors (Lipinski definition) is 1. The predicted octanol–water partition coefficient (Wildman–Crippen LogP) is 1.10. The average Bonchev–Trinajstić information content (AvgIpc) is 2.05. The molecule has 0 heterocycles. The fourth-order valence-corrected chi connectivity index (χ4v) is 0.838. The van der Waals surface area contributed by atoms with Crippen LogP contribution >= 0.6 is 0 Å². The number of hydrogen-bond acceptors (Lipinski definition) is 2. The summed E-state index contributed by atoms with van der Waals surface area (Å²) >= 11 is 0. The molecule has 13 heavy (non-hydrogen) atoms. The van der Waals surface area contributed by atoms with Gasteiger partial charge in [-0.1, -0.05) is 44.2 Å².